The molecule has 0 spiro atoms. The first-order chi connectivity index (χ1) is 8.18. The standard InChI is InChI=1S/C14H17N3/c1-14(2)9-6-10-17-12(15-16-13(14)17)11-7-4-3-5-8-11/h3-5,7-8H,6,9-10H2,1-2H3. The van der Waals surface area contributed by atoms with Crippen LogP contribution in [0.15, 0.2) is 30.3 Å². The first-order valence-electron chi connectivity index (χ1n) is 6.17. The maximum Gasteiger partial charge on any atom is 0.163 e. The van der Waals surface area contributed by atoms with E-state index >= 15 is 0 Å². The van der Waals surface area contributed by atoms with Crippen molar-refractivity contribution in [2.45, 2.75) is 38.6 Å². The van der Waals surface area contributed by atoms with Crippen molar-refractivity contribution in [1.29, 1.82) is 0 Å². The molecule has 1 aromatic carbocycles. The van der Waals surface area contributed by atoms with E-state index < -0.39 is 0 Å². The van der Waals surface area contributed by atoms with Gasteiger partial charge in [0.25, 0.3) is 0 Å². The van der Waals surface area contributed by atoms with Crippen LogP contribution in [0.2, 0.25) is 0 Å². The Morgan fingerprint density at radius 2 is 1.88 bits per heavy atom. The minimum absolute atomic E-state index is 0.151. The van der Waals surface area contributed by atoms with Gasteiger partial charge in [0.05, 0.1) is 0 Å². The van der Waals surface area contributed by atoms with E-state index in [-0.39, 0.29) is 5.41 Å². The fourth-order valence-corrected chi connectivity index (χ4v) is 2.61. The van der Waals surface area contributed by atoms with Gasteiger partial charge in [-0.05, 0) is 12.8 Å². The second-order valence-electron chi connectivity index (χ2n) is 5.35. The second kappa shape index (κ2) is 3.69. The monoisotopic (exact) mass is 227 g/mol. The summed E-state index contributed by atoms with van der Waals surface area (Å²) in [6.07, 6.45) is 2.40. The third-order valence-electron chi connectivity index (χ3n) is 3.57. The predicted molar refractivity (Wildman–Crippen MR) is 67.7 cm³/mol. The van der Waals surface area contributed by atoms with Crippen molar-refractivity contribution in [2.24, 2.45) is 0 Å². The van der Waals surface area contributed by atoms with Crippen LogP contribution >= 0.6 is 0 Å². The lowest BCUT2D eigenvalue weighted by atomic mass is 9.84. The summed E-state index contributed by atoms with van der Waals surface area (Å²) in [7, 11) is 0. The average molecular weight is 227 g/mol. The van der Waals surface area contributed by atoms with Gasteiger partial charge in [-0.15, -0.1) is 10.2 Å². The zero-order valence-corrected chi connectivity index (χ0v) is 10.3. The third kappa shape index (κ3) is 1.66. The Balaban J connectivity index is 2.13. The molecule has 0 aliphatic carbocycles. The number of nitrogens with zero attached hydrogens (tertiary/aromatic N) is 3. The summed E-state index contributed by atoms with van der Waals surface area (Å²) in [6, 6.07) is 10.3. The molecule has 17 heavy (non-hydrogen) atoms. The van der Waals surface area contributed by atoms with Gasteiger partial charge in [-0.1, -0.05) is 44.2 Å². The highest BCUT2D eigenvalue weighted by atomic mass is 15.3. The Labute approximate surface area is 101 Å². The fourth-order valence-electron chi connectivity index (χ4n) is 2.61. The fraction of sp³-hybridized carbons (Fsp3) is 0.429. The van der Waals surface area contributed by atoms with E-state index in [4.69, 9.17) is 0 Å². The van der Waals surface area contributed by atoms with E-state index in [1.165, 1.54) is 12.8 Å². The van der Waals surface area contributed by atoms with Gasteiger partial charge < -0.3 is 4.57 Å². The van der Waals surface area contributed by atoms with E-state index in [2.05, 4.69) is 40.7 Å². The number of hydrogen-bond donors (Lipinski definition) is 0. The SMILES string of the molecule is CC1(C)CCCn2c(-c3ccccc3)nnc21. The van der Waals surface area contributed by atoms with Crippen molar-refractivity contribution < 1.29 is 0 Å². The zero-order valence-electron chi connectivity index (χ0n) is 10.3. The van der Waals surface area contributed by atoms with Crippen LogP contribution in [0.25, 0.3) is 11.4 Å². The number of aromatic nitrogens is 3. The summed E-state index contributed by atoms with van der Waals surface area (Å²) < 4.78 is 2.28. The van der Waals surface area contributed by atoms with E-state index in [0.29, 0.717) is 0 Å². The van der Waals surface area contributed by atoms with Crippen LogP contribution in [-0.4, -0.2) is 14.8 Å². The van der Waals surface area contributed by atoms with Crippen molar-refractivity contribution in [3.05, 3.63) is 36.2 Å². The average Bonchev–Trinajstić information content (AvgIpc) is 2.75. The number of benzene rings is 1. The zero-order chi connectivity index (χ0) is 11.9. The van der Waals surface area contributed by atoms with E-state index in [1.807, 2.05) is 18.2 Å². The van der Waals surface area contributed by atoms with Crippen LogP contribution in [0.1, 0.15) is 32.5 Å². The minimum Gasteiger partial charge on any atom is -0.311 e. The molecule has 0 amide bonds. The van der Waals surface area contributed by atoms with Crippen LogP contribution in [0.4, 0.5) is 0 Å². The van der Waals surface area contributed by atoms with Gasteiger partial charge in [-0.2, -0.15) is 0 Å². The van der Waals surface area contributed by atoms with Crippen molar-refractivity contribution in [3.8, 4) is 11.4 Å². The molecule has 88 valence electrons. The maximum atomic E-state index is 4.40. The van der Waals surface area contributed by atoms with Crippen molar-refractivity contribution in [2.75, 3.05) is 0 Å². The van der Waals surface area contributed by atoms with E-state index in [9.17, 15) is 0 Å². The molecule has 2 aromatic rings. The Kier molecular flexibility index (Phi) is 2.28. The van der Waals surface area contributed by atoms with Crippen molar-refractivity contribution in [1.82, 2.24) is 14.8 Å². The van der Waals surface area contributed by atoms with Gasteiger partial charge >= 0.3 is 0 Å². The molecule has 2 heterocycles. The van der Waals surface area contributed by atoms with E-state index in [1.54, 1.807) is 0 Å². The summed E-state index contributed by atoms with van der Waals surface area (Å²) in [5.41, 5.74) is 1.31. The molecule has 3 heteroatoms. The number of fused-ring (bicyclic) bond motifs is 1. The summed E-state index contributed by atoms with van der Waals surface area (Å²) >= 11 is 0. The molecule has 0 saturated carbocycles. The van der Waals surface area contributed by atoms with Crippen LogP contribution in [-0.2, 0) is 12.0 Å². The molecular formula is C14H17N3. The van der Waals surface area contributed by atoms with Crippen LogP contribution in [0.3, 0.4) is 0 Å². The molecule has 0 fully saturated rings. The predicted octanol–water partition coefficient (Wildman–Crippen LogP) is 3.02. The molecule has 3 nitrogen and oxygen atoms in total. The summed E-state index contributed by atoms with van der Waals surface area (Å²) in [4.78, 5) is 0. The van der Waals surface area contributed by atoms with Crippen molar-refractivity contribution in [3.63, 3.8) is 0 Å². The molecular weight excluding hydrogens is 210 g/mol. The van der Waals surface area contributed by atoms with Gasteiger partial charge in [-0.3, -0.25) is 0 Å². The topological polar surface area (TPSA) is 30.7 Å². The molecule has 1 aliphatic rings. The highest BCUT2D eigenvalue weighted by Gasteiger charge is 2.31. The highest BCUT2D eigenvalue weighted by molar-refractivity contribution is 5.55. The van der Waals surface area contributed by atoms with Crippen molar-refractivity contribution >= 4 is 0 Å². The quantitative estimate of drug-likeness (QED) is 0.749. The Morgan fingerprint density at radius 3 is 2.65 bits per heavy atom. The van der Waals surface area contributed by atoms with Crippen LogP contribution < -0.4 is 0 Å². The Hall–Kier alpha value is -1.64. The molecule has 0 atom stereocenters. The summed E-state index contributed by atoms with van der Waals surface area (Å²) in [5, 5.41) is 8.78. The largest absolute Gasteiger partial charge is 0.311 e. The van der Waals surface area contributed by atoms with Gasteiger partial charge in [0.2, 0.25) is 0 Å². The molecule has 0 bridgehead atoms. The Morgan fingerprint density at radius 1 is 1.12 bits per heavy atom. The summed E-state index contributed by atoms with van der Waals surface area (Å²) in [5.74, 6) is 2.14. The molecule has 0 N–H and O–H groups in total. The smallest absolute Gasteiger partial charge is 0.163 e. The lowest BCUT2D eigenvalue weighted by molar-refractivity contribution is 0.353. The second-order valence-corrected chi connectivity index (χ2v) is 5.35. The molecule has 0 radical (unpaired) electrons. The van der Waals surface area contributed by atoms with Crippen LogP contribution in [0, 0.1) is 0 Å². The van der Waals surface area contributed by atoms with Gasteiger partial charge in [0.1, 0.15) is 5.82 Å². The lowest BCUT2D eigenvalue weighted by Gasteiger charge is -2.29. The maximum absolute atomic E-state index is 4.40. The number of hydrogen-bond acceptors (Lipinski definition) is 2. The summed E-state index contributed by atoms with van der Waals surface area (Å²) in [6.45, 7) is 5.54. The first-order valence-corrected chi connectivity index (χ1v) is 6.17. The van der Waals surface area contributed by atoms with Gasteiger partial charge in [0.15, 0.2) is 5.82 Å². The molecule has 1 aliphatic heterocycles. The van der Waals surface area contributed by atoms with Gasteiger partial charge in [0, 0.05) is 17.5 Å². The lowest BCUT2D eigenvalue weighted by Crippen LogP contribution is -2.28. The highest BCUT2D eigenvalue weighted by Crippen LogP contribution is 2.34. The molecule has 1 aromatic heterocycles. The van der Waals surface area contributed by atoms with Crippen LogP contribution in [0.5, 0.6) is 0 Å². The first kappa shape index (κ1) is 10.5. The van der Waals surface area contributed by atoms with E-state index in [0.717, 1.165) is 23.8 Å². The minimum atomic E-state index is 0.151. The normalized spacial score (nSPS) is 17.8. The van der Waals surface area contributed by atoms with Gasteiger partial charge in [-0.25, -0.2) is 0 Å². The third-order valence-corrected chi connectivity index (χ3v) is 3.57. The molecule has 0 saturated heterocycles. The molecule has 0 unspecified atom stereocenters. The Bertz CT molecular complexity index is 526. The number of rotatable bonds is 1. The molecule has 3 rings (SSSR count).